The smallest absolute Gasteiger partial charge is 0.263 e. The number of benzene rings is 1. The average Bonchev–Trinajstić information content (AvgIpc) is 3.38. The fraction of sp³-hybridized carbons (Fsp3) is 0. The van der Waals surface area contributed by atoms with Gasteiger partial charge in [0.2, 0.25) is 11.6 Å². The molecule has 2 aliphatic rings. The lowest BCUT2D eigenvalue weighted by atomic mass is 10.1. The summed E-state index contributed by atoms with van der Waals surface area (Å²) in [6.07, 6.45) is 8.46. The van der Waals surface area contributed by atoms with Crippen LogP contribution in [0.1, 0.15) is 31.1 Å². The summed E-state index contributed by atoms with van der Waals surface area (Å²) in [5.74, 6) is -2.31. The topological polar surface area (TPSA) is 101 Å². The molecule has 0 radical (unpaired) electrons. The lowest BCUT2D eigenvalue weighted by molar-refractivity contribution is -0.112. The van der Waals surface area contributed by atoms with Gasteiger partial charge in [-0.05, 0) is 42.5 Å². The molecule has 0 saturated carbocycles. The number of anilines is 1. The zero-order valence-electron chi connectivity index (χ0n) is 18.9. The molecule has 0 fully saturated rings. The highest BCUT2D eigenvalue weighted by molar-refractivity contribution is 6.32. The first kappa shape index (κ1) is 22.5. The molecule has 1 aromatic carbocycles. The van der Waals surface area contributed by atoms with Gasteiger partial charge in [-0.25, -0.2) is 0 Å². The maximum absolute atomic E-state index is 13.7. The quantitative estimate of drug-likeness (QED) is 0.532. The second-order valence-corrected chi connectivity index (χ2v) is 7.83. The van der Waals surface area contributed by atoms with Gasteiger partial charge >= 0.3 is 0 Å². The number of para-hydroxylation sites is 1. The largest absolute Gasteiger partial charge is 0.287 e. The van der Waals surface area contributed by atoms with E-state index in [0.717, 1.165) is 4.90 Å². The highest BCUT2D eigenvalue weighted by Gasteiger charge is 2.46. The van der Waals surface area contributed by atoms with Crippen LogP contribution in [0.4, 0.5) is 5.69 Å². The van der Waals surface area contributed by atoms with E-state index < -0.39 is 23.4 Å². The zero-order chi connectivity index (χ0) is 25.4. The normalized spacial score (nSPS) is 16.9. The molecule has 3 aromatic rings. The van der Waals surface area contributed by atoms with E-state index in [4.69, 9.17) is 0 Å². The van der Waals surface area contributed by atoms with Crippen molar-refractivity contribution in [1.29, 1.82) is 0 Å². The first-order chi connectivity index (χ1) is 17.5. The summed E-state index contributed by atoms with van der Waals surface area (Å²) in [7, 11) is 0. The van der Waals surface area contributed by atoms with Crippen LogP contribution < -0.4 is 4.90 Å². The molecule has 8 heteroatoms. The van der Waals surface area contributed by atoms with Crippen molar-refractivity contribution >= 4 is 29.1 Å². The first-order valence-corrected chi connectivity index (χ1v) is 10.9. The fourth-order valence-corrected chi connectivity index (χ4v) is 4.29. The number of hydrogen-bond donors (Lipinski definition) is 0. The van der Waals surface area contributed by atoms with E-state index in [2.05, 4.69) is 23.1 Å². The van der Waals surface area contributed by atoms with Crippen LogP contribution in [0.3, 0.4) is 0 Å². The second-order valence-electron chi connectivity index (χ2n) is 7.83. The molecule has 0 aliphatic carbocycles. The van der Waals surface area contributed by atoms with Crippen molar-refractivity contribution in [2.75, 3.05) is 4.90 Å². The molecule has 0 spiro atoms. The second kappa shape index (κ2) is 8.84. The summed E-state index contributed by atoms with van der Waals surface area (Å²) in [6, 6.07) is 12.5. The summed E-state index contributed by atoms with van der Waals surface area (Å²) in [5, 5.41) is 0. The van der Waals surface area contributed by atoms with E-state index in [1.807, 2.05) is 0 Å². The van der Waals surface area contributed by atoms with Crippen molar-refractivity contribution < 1.29 is 19.2 Å². The molecule has 0 N–H and O–H groups in total. The van der Waals surface area contributed by atoms with E-state index in [0.29, 0.717) is 5.69 Å². The third-order valence-corrected chi connectivity index (χ3v) is 5.91. The number of Topliss-reactive ketones (excluding diaryl/α,β-unsaturated/α-hetero) is 2. The number of aromatic nitrogens is 2. The van der Waals surface area contributed by atoms with Crippen molar-refractivity contribution in [3.8, 4) is 0 Å². The van der Waals surface area contributed by atoms with Crippen molar-refractivity contribution in [2.24, 2.45) is 0 Å². The Balaban J connectivity index is 1.80. The number of nitrogens with zero attached hydrogens (tertiary/aromatic N) is 4. The number of pyridine rings is 2. The van der Waals surface area contributed by atoms with Crippen LogP contribution in [0, 0.1) is 0 Å². The van der Waals surface area contributed by atoms with Gasteiger partial charge in [-0.1, -0.05) is 31.4 Å². The summed E-state index contributed by atoms with van der Waals surface area (Å²) in [5.41, 5.74) is 0.824. The first-order valence-electron chi connectivity index (χ1n) is 10.9. The molecule has 174 valence electrons. The van der Waals surface area contributed by atoms with Crippen molar-refractivity contribution in [3.63, 3.8) is 0 Å². The van der Waals surface area contributed by atoms with Crippen LogP contribution in [0.25, 0.3) is 0 Å². The van der Waals surface area contributed by atoms with Crippen LogP contribution in [-0.2, 0) is 4.79 Å². The standard InChI is InChI=1S/C28H18N4O4/c1-3-19-21(4-2)31(27(35)17-9-13-29-14-10-17)23(25(19)33)24-26(34)20-7-5-6-8-22(20)32(24)28(36)18-11-15-30-16-12-18/h3-16H,1-2H2/b24-23+. The average molecular weight is 474 g/mol. The summed E-state index contributed by atoms with van der Waals surface area (Å²) >= 11 is 0. The van der Waals surface area contributed by atoms with E-state index in [1.165, 1.54) is 66.1 Å². The van der Waals surface area contributed by atoms with Gasteiger partial charge in [0.15, 0.2) is 0 Å². The molecular weight excluding hydrogens is 456 g/mol. The number of ketones is 2. The SMILES string of the molecule is C=CC1=C(C=C)N(C(=O)c2ccncc2)/C(=C2\C(=O)c3ccccc3N2C(=O)c2ccncc2)C1=O. The Morgan fingerprint density at radius 2 is 1.22 bits per heavy atom. The third kappa shape index (κ3) is 3.32. The molecule has 36 heavy (non-hydrogen) atoms. The van der Waals surface area contributed by atoms with E-state index >= 15 is 0 Å². The molecule has 0 bridgehead atoms. The van der Waals surface area contributed by atoms with Crippen LogP contribution in [0.15, 0.2) is 121 Å². The number of allylic oxidation sites excluding steroid dienone is 4. The van der Waals surface area contributed by atoms with E-state index in [1.54, 1.807) is 24.3 Å². The molecule has 2 amide bonds. The number of rotatable bonds is 4. The molecule has 0 atom stereocenters. The highest BCUT2D eigenvalue weighted by atomic mass is 16.2. The number of hydrogen-bond acceptors (Lipinski definition) is 6. The molecule has 2 aromatic heterocycles. The molecular formula is C28H18N4O4. The molecule has 2 aliphatic heterocycles. The van der Waals surface area contributed by atoms with E-state index in [9.17, 15) is 19.2 Å². The predicted octanol–water partition coefficient (Wildman–Crippen LogP) is 3.88. The monoisotopic (exact) mass is 474 g/mol. The Morgan fingerprint density at radius 3 is 1.78 bits per heavy atom. The Labute approximate surface area is 206 Å². The lowest BCUT2D eigenvalue weighted by Crippen LogP contribution is -2.36. The summed E-state index contributed by atoms with van der Waals surface area (Å²) in [6.45, 7) is 7.47. The van der Waals surface area contributed by atoms with Crippen molar-refractivity contribution in [2.45, 2.75) is 0 Å². The van der Waals surface area contributed by atoms with E-state index in [-0.39, 0.29) is 39.4 Å². The van der Waals surface area contributed by atoms with Gasteiger partial charge in [-0.2, -0.15) is 0 Å². The minimum Gasteiger partial charge on any atom is -0.287 e. The van der Waals surface area contributed by atoms with Gasteiger partial charge in [-0.3, -0.25) is 38.9 Å². The maximum atomic E-state index is 13.7. The van der Waals surface area contributed by atoms with Gasteiger partial charge in [0.05, 0.1) is 11.4 Å². The molecule has 5 rings (SSSR count). The lowest BCUT2D eigenvalue weighted by Gasteiger charge is -2.25. The Kier molecular flexibility index (Phi) is 5.54. The Morgan fingerprint density at radius 1 is 0.694 bits per heavy atom. The van der Waals surface area contributed by atoms with Gasteiger partial charge in [0.25, 0.3) is 11.8 Å². The number of amides is 2. The van der Waals surface area contributed by atoms with Crippen LogP contribution in [0.5, 0.6) is 0 Å². The number of carbonyl (C=O) groups is 4. The molecule has 0 unspecified atom stereocenters. The van der Waals surface area contributed by atoms with Crippen LogP contribution in [-0.4, -0.2) is 38.2 Å². The number of carbonyl (C=O) groups excluding carboxylic acids is 4. The van der Waals surface area contributed by atoms with Crippen molar-refractivity contribution in [1.82, 2.24) is 14.9 Å². The maximum Gasteiger partial charge on any atom is 0.263 e. The summed E-state index contributed by atoms with van der Waals surface area (Å²) < 4.78 is 0. The predicted molar refractivity (Wildman–Crippen MR) is 132 cm³/mol. The van der Waals surface area contributed by atoms with Crippen molar-refractivity contribution in [3.05, 3.63) is 138 Å². The highest BCUT2D eigenvalue weighted by Crippen LogP contribution is 2.42. The van der Waals surface area contributed by atoms with Gasteiger partial charge in [0.1, 0.15) is 11.4 Å². The molecule has 0 saturated heterocycles. The minimum absolute atomic E-state index is 0.0926. The van der Waals surface area contributed by atoms with Crippen LogP contribution >= 0.6 is 0 Å². The number of fused-ring (bicyclic) bond motifs is 1. The van der Waals surface area contributed by atoms with Gasteiger partial charge < -0.3 is 0 Å². The molecule has 8 nitrogen and oxygen atoms in total. The fourth-order valence-electron chi connectivity index (χ4n) is 4.29. The van der Waals surface area contributed by atoms with Gasteiger partial charge in [0, 0.05) is 47.1 Å². The van der Waals surface area contributed by atoms with Crippen LogP contribution in [0.2, 0.25) is 0 Å². The van der Waals surface area contributed by atoms with Gasteiger partial charge in [-0.15, -0.1) is 0 Å². The summed E-state index contributed by atoms with van der Waals surface area (Å²) in [4.78, 5) is 65.0. The zero-order valence-corrected chi connectivity index (χ0v) is 18.9. The molecule has 4 heterocycles. The Hall–Kier alpha value is -5.24. The third-order valence-electron chi connectivity index (χ3n) is 5.91. The minimum atomic E-state index is -0.619. The Bertz CT molecular complexity index is 1540.